The number of aromatic nitrogens is 1. The normalized spacial score (nSPS) is 12.6. The van der Waals surface area contributed by atoms with Gasteiger partial charge in [0, 0.05) is 17.1 Å². The average Bonchev–Trinajstić information content (AvgIpc) is 2.94. The van der Waals surface area contributed by atoms with E-state index in [1.807, 2.05) is 18.2 Å². The van der Waals surface area contributed by atoms with Gasteiger partial charge in [0.25, 0.3) is 0 Å². The van der Waals surface area contributed by atoms with E-state index in [9.17, 15) is 9.90 Å². The summed E-state index contributed by atoms with van der Waals surface area (Å²) < 4.78 is 10.5. The van der Waals surface area contributed by atoms with E-state index in [4.69, 9.17) is 9.47 Å². The van der Waals surface area contributed by atoms with Gasteiger partial charge in [-0.3, -0.25) is 4.79 Å². The molecule has 0 radical (unpaired) electrons. The van der Waals surface area contributed by atoms with Crippen molar-refractivity contribution in [3.63, 3.8) is 0 Å². The third-order valence-electron chi connectivity index (χ3n) is 3.62. The topological polar surface area (TPSA) is 88.2 Å². The first-order valence-electron chi connectivity index (χ1n) is 7.81. The molecule has 0 spiro atoms. The van der Waals surface area contributed by atoms with E-state index in [1.54, 1.807) is 6.20 Å². The van der Waals surface area contributed by atoms with Crippen molar-refractivity contribution in [1.29, 1.82) is 0 Å². The van der Waals surface area contributed by atoms with Crippen LogP contribution in [0.4, 0.5) is 0 Å². The van der Waals surface area contributed by atoms with E-state index in [-0.39, 0.29) is 19.0 Å². The molecule has 0 unspecified atom stereocenters. The summed E-state index contributed by atoms with van der Waals surface area (Å²) in [4.78, 5) is 14.7. The van der Waals surface area contributed by atoms with E-state index in [1.165, 1.54) is 7.11 Å². The molecule has 0 aliphatic heterocycles. The van der Waals surface area contributed by atoms with Crippen molar-refractivity contribution in [3.05, 3.63) is 30.0 Å². The van der Waals surface area contributed by atoms with Crippen molar-refractivity contribution >= 4 is 16.9 Å². The molecule has 1 atom stereocenters. The maximum Gasteiger partial charge on any atom is 0.310 e. The number of nitrogens with one attached hydrogen (secondary N) is 1. The van der Waals surface area contributed by atoms with Crippen LogP contribution in [0.1, 0.15) is 19.4 Å². The second-order valence-electron chi connectivity index (χ2n) is 5.93. The summed E-state index contributed by atoms with van der Waals surface area (Å²) in [5.74, 6) is 0.360. The summed E-state index contributed by atoms with van der Waals surface area (Å²) in [5, 5.41) is 12.9. The average molecular weight is 321 g/mol. The number of aromatic amines is 1. The van der Waals surface area contributed by atoms with Crippen LogP contribution >= 0.6 is 0 Å². The highest BCUT2D eigenvalue weighted by atomic mass is 16.5. The van der Waals surface area contributed by atoms with Gasteiger partial charge in [0.15, 0.2) is 0 Å². The molecule has 0 aliphatic carbocycles. The lowest BCUT2D eigenvalue weighted by molar-refractivity contribution is -0.688. The fraction of sp³-hybridized carbons (Fsp3) is 0.471. The number of carbonyl (C=O) groups excluding carboxylic acids is 1. The van der Waals surface area contributed by atoms with Crippen molar-refractivity contribution < 1.29 is 24.7 Å². The Labute approximate surface area is 135 Å². The van der Waals surface area contributed by atoms with E-state index in [2.05, 4.69) is 24.1 Å². The number of esters is 1. The fourth-order valence-electron chi connectivity index (χ4n) is 2.39. The third kappa shape index (κ3) is 4.71. The highest BCUT2D eigenvalue weighted by Gasteiger charge is 2.15. The van der Waals surface area contributed by atoms with E-state index >= 15 is 0 Å². The molecule has 2 rings (SSSR count). The van der Waals surface area contributed by atoms with Crippen LogP contribution < -0.4 is 10.1 Å². The Bertz CT molecular complexity index is 651. The van der Waals surface area contributed by atoms with Crippen molar-refractivity contribution in [2.75, 3.05) is 20.3 Å². The number of methoxy groups -OCH3 is 1. The van der Waals surface area contributed by atoms with Crippen LogP contribution in [-0.2, 0) is 16.0 Å². The van der Waals surface area contributed by atoms with Gasteiger partial charge >= 0.3 is 5.97 Å². The number of nitrogens with two attached hydrogens (primary N) is 1. The molecule has 1 aromatic heterocycles. The van der Waals surface area contributed by atoms with Crippen LogP contribution in [0.3, 0.4) is 0 Å². The molecule has 0 amide bonds. The summed E-state index contributed by atoms with van der Waals surface area (Å²) in [6, 6.07) is 6.08. The summed E-state index contributed by atoms with van der Waals surface area (Å²) in [6.45, 7) is 4.96. The predicted molar refractivity (Wildman–Crippen MR) is 87.4 cm³/mol. The van der Waals surface area contributed by atoms with Crippen LogP contribution in [0.5, 0.6) is 5.75 Å². The Hall–Kier alpha value is -2.05. The smallest absolute Gasteiger partial charge is 0.310 e. The zero-order valence-corrected chi connectivity index (χ0v) is 13.8. The van der Waals surface area contributed by atoms with Gasteiger partial charge in [0.05, 0.1) is 19.6 Å². The number of fused-ring (bicyclic) bond motifs is 1. The molecule has 0 saturated carbocycles. The van der Waals surface area contributed by atoms with E-state index < -0.39 is 6.10 Å². The zero-order valence-electron chi connectivity index (χ0n) is 13.8. The highest BCUT2D eigenvalue weighted by Crippen LogP contribution is 2.29. The molecule has 0 saturated heterocycles. The number of H-pyrrole nitrogens is 1. The van der Waals surface area contributed by atoms with Gasteiger partial charge in [-0.25, -0.2) is 0 Å². The largest absolute Gasteiger partial charge is 0.490 e. The Morgan fingerprint density at radius 2 is 2.17 bits per heavy atom. The summed E-state index contributed by atoms with van der Waals surface area (Å²) >= 11 is 0. The predicted octanol–water partition coefficient (Wildman–Crippen LogP) is 0.595. The number of benzene rings is 1. The molecule has 0 bridgehead atoms. The summed E-state index contributed by atoms with van der Waals surface area (Å²) in [7, 11) is 1.37. The van der Waals surface area contributed by atoms with Crippen LogP contribution in [0.25, 0.3) is 10.9 Å². The van der Waals surface area contributed by atoms with Crippen LogP contribution in [0, 0.1) is 0 Å². The maximum atomic E-state index is 11.5. The van der Waals surface area contributed by atoms with Gasteiger partial charge in [-0.2, -0.15) is 0 Å². The van der Waals surface area contributed by atoms with Gasteiger partial charge in [-0.1, -0.05) is 6.07 Å². The number of aliphatic hydroxyl groups excluding tert-OH is 1. The molecule has 1 aromatic carbocycles. The van der Waals surface area contributed by atoms with Gasteiger partial charge in [0.1, 0.15) is 25.0 Å². The quantitative estimate of drug-likeness (QED) is 0.621. The second kappa shape index (κ2) is 7.99. The number of hydrogen-bond acceptors (Lipinski definition) is 4. The fourth-order valence-corrected chi connectivity index (χ4v) is 2.39. The molecule has 6 heteroatoms. The molecule has 0 fully saturated rings. The standard InChI is InChI=1S/C17H24N2O4/c1-11(2)18-9-13(20)10-23-15-6-4-5-14-17(15)12(8-19-14)7-16(21)22-3/h4-6,8,11,13,18-20H,7,9-10H2,1-3H3/p+1/t13-/m1/s1. The van der Waals surface area contributed by atoms with E-state index in [0.29, 0.717) is 18.3 Å². The van der Waals surface area contributed by atoms with Gasteiger partial charge in [-0.15, -0.1) is 0 Å². The minimum Gasteiger partial charge on any atom is -0.490 e. The first kappa shape index (κ1) is 17.3. The first-order valence-corrected chi connectivity index (χ1v) is 7.81. The van der Waals surface area contributed by atoms with Crippen LogP contribution in [0.15, 0.2) is 24.4 Å². The molecular formula is C17H25N2O4+. The lowest BCUT2D eigenvalue weighted by Crippen LogP contribution is -2.90. The van der Waals surface area contributed by atoms with Gasteiger partial charge < -0.3 is 24.9 Å². The summed E-state index contributed by atoms with van der Waals surface area (Å²) in [5.41, 5.74) is 1.72. The van der Waals surface area contributed by atoms with Crippen molar-refractivity contribution in [3.8, 4) is 5.75 Å². The lowest BCUT2D eigenvalue weighted by Gasteiger charge is -2.14. The number of aliphatic hydroxyl groups is 1. The zero-order chi connectivity index (χ0) is 16.8. The minimum absolute atomic E-state index is 0.181. The Balaban J connectivity index is 2.10. The monoisotopic (exact) mass is 321 g/mol. The molecule has 2 aromatic rings. The number of hydrogen-bond donors (Lipinski definition) is 3. The van der Waals surface area contributed by atoms with Crippen molar-refractivity contribution in [2.45, 2.75) is 32.4 Å². The SMILES string of the molecule is COC(=O)Cc1c[nH]c2cccc(OC[C@H](O)C[NH2+]C(C)C)c12. The Morgan fingerprint density at radius 3 is 2.87 bits per heavy atom. The van der Waals surface area contributed by atoms with Crippen molar-refractivity contribution in [2.24, 2.45) is 0 Å². The minimum atomic E-state index is -0.546. The number of rotatable bonds is 8. The maximum absolute atomic E-state index is 11.5. The number of carbonyl (C=O) groups is 1. The van der Waals surface area contributed by atoms with Gasteiger partial charge in [0.2, 0.25) is 0 Å². The highest BCUT2D eigenvalue weighted by molar-refractivity contribution is 5.92. The molecule has 6 nitrogen and oxygen atoms in total. The van der Waals surface area contributed by atoms with Gasteiger partial charge in [-0.05, 0) is 31.5 Å². The summed E-state index contributed by atoms with van der Waals surface area (Å²) in [6.07, 6.45) is 1.42. The number of quaternary nitrogens is 1. The molecule has 23 heavy (non-hydrogen) atoms. The number of ether oxygens (including phenoxy) is 2. The molecule has 0 aliphatic rings. The van der Waals surface area contributed by atoms with Crippen LogP contribution in [0.2, 0.25) is 0 Å². The Kier molecular flexibility index (Phi) is 6.01. The Morgan fingerprint density at radius 1 is 1.39 bits per heavy atom. The molecule has 4 N–H and O–H groups in total. The molecule has 126 valence electrons. The molecular weight excluding hydrogens is 296 g/mol. The second-order valence-corrected chi connectivity index (χ2v) is 5.93. The van der Waals surface area contributed by atoms with Crippen molar-refractivity contribution in [1.82, 2.24) is 4.98 Å². The lowest BCUT2D eigenvalue weighted by atomic mass is 10.1. The van der Waals surface area contributed by atoms with Crippen LogP contribution in [-0.4, -0.2) is 48.5 Å². The molecule has 1 heterocycles. The first-order chi connectivity index (χ1) is 11.0. The van der Waals surface area contributed by atoms with E-state index in [0.717, 1.165) is 16.5 Å². The third-order valence-corrected chi connectivity index (χ3v) is 3.62.